The van der Waals surface area contributed by atoms with Crippen LogP contribution in [-0.4, -0.2) is 48.9 Å². The lowest BCUT2D eigenvalue weighted by Gasteiger charge is -2.36. The predicted octanol–water partition coefficient (Wildman–Crippen LogP) is 1.74. The van der Waals surface area contributed by atoms with Crippen molar-refractivity contribution in [3.05, 3.63) is 29.3 Å². The van der Waals surface area contributed by atoms with Gasteiger partial charge in [0.15, 0.2) is 0 Å². The molecule has 1 aromatic rings. The Labute approximate surface area is 115 Å². The van der Waals surface area contributed by atoms with E-state index in [0.717, 1.165) is 31.5 Å². The van der Waals surface area contributed by atoms with E-state index in [2.05, 4.69) is 11.9 Å². The molecular formula is C15H23N3O. The van der Waals surface area contributed by atoms with E-state index in [4.69, 9.17) is 5.73 Å². The molecule has 0 spiro atoms. The number of hydrogen-bond donors (Lipinski definition) is 1. The van der Waals surface area contributed by atoms with Crippen molar-refractivity contribution in [1.82, 2.24) is 9.80 Å². The zero-order chi connectivity index (χ0) is 14.0. The minimum atomic E-state index is 0.0292. The monoisotopic (exact) mass is 261 g/mol. The summed E-state index contributed by atoms with van der Waals surface area (Å²) in [5.74, 6) is 0.0292. The van der Waals surface area contributed by atoms with Gasteiger partial charge in [-0.05, 0) is 45.5 Å². The van der Waals surface area contributed by atoms with Gasteiger partial charge in [-0.25, -0.2) is 0 Å². The number of aryl methyl sites for hydroxylation is 1. The number of nitrogens with zero attached hydrogens (tertiary/aromatic N) is 2. The Bertz CT molecular complexity index is 472. The molecule has 4 heteroatoms. The minimum absolute atomic E-state index is 0.0292. The van der Waals surface area contributed by atoms with Gasteiger partial charge in [-0.15, -0.1) is 0 Å². The first-order valence-electron chi connectivity index (χ1n) is 6.81. The number of rotatable bonds is 2. The standard InChI is InChI=1S/C15H23N3O/c1-11-6-7-14(16)13(9-11)15(19)18(3)12-5-4-8-17(2)10-12/h6-7,9,12H,4-5,8,10,16H2,1-3H3. The van der Waals surface area contributed by atoms with Crippen molar-refractivity contribution in [2.24, 2.45) is 0 Å². The smallest absolute Gasteiger partial charge is 0.255 e. The van der Waals surface area contributed by atoms with E-state index in [9.17, 15) is 4.79 Å². The zero-order valence-corrected chi connectivity index (χ0v) is 12.0. The highest BCUT2D eigenvalue weighted by Gasteiger charge is 2.26. The van der Waals surface area contributed by atoms with Crippen molar-refractivity contribution >= 4 is 11.6 Å². The lowest BCUT2D eigenvalue weighted by Crippen LogP contribution is -2.47. The number of anilines is 1. The quantitative estimate of drug-likeness (QED) is 0.825. The summed E-state index contributed by atoms with van der Waals surface area (Å²) in [5.41, 5.74) is 8.17. The van der Waals surface area contributed by atoms with Crippen molar-refractivity contribution in [1.29, 1.82) is 0 Å². The summed E-state index contributed by atoms with van der Waals surface area (Å²) in [4.78, 5) is 16.7. The Kier molecular flexibility index (Phi) is 4.10. The first-order valence-corrected chi connectivity index (χ1v) is 6.81. The Morgan fingerprint density at radius 2 is 2.21 bits per heavy atom. The van der Waals surface area contributed by atoms with Crippen molar-refractivity contribution in [2.45, 2.75) is 25.8 Å². The summed E-state index contributed by atoms with van der Waals surface area (Å²) in [7, 11) is 3.99. The number of nitrogen functional groups attached to an aromatic ring is 1. The Morgan fingerprint density at radius 3 is 2.89 bits per heavy atom. The first kappa shape index (κ1) is 13.9. The number of benzene rings is 1. The van der Waals surface area contributed by atoms with Gasteiger partial charge in [0.2, 0.25) is 0 Å². The van der Waals surface area contributed by atoms with Gasteiger partial charge < -0.3 is 15.5 Å². The second-order valence-electron chi connectivity index (χ2n) is 5.57. The molecule has 0 aromatic heterocycles. The molecule has 19 heavy (non-hydrogen) atoms. The minimum Gasteiger partial charge on any atom is -0.398 e. The summed E-state index contributed by atoms with van der Waals surface area (Å²) in [6.07, 6.45) is 2.21. The summed E-state index contributed by atoms with van der Waals surface area (Å²) in [6, 6.07) is 5.90. The van der Waals surface area contributed by atoms with Crippen molar-refractivity contribution in [2.75, 3.05) is 32.9 Å². The molecule has 1 amide bonds. The van der Waals surface area contributed by atoms with E-state index in [1.54, 1.807) is 0 Å². The lowest BCUT2D eigenvalue weighted by molar-refractivity contribution is 0.0645. The van der Waals surface area contributed by atoms with E-state index in [1.807, 2.05) is 37.1 Å². The normalized spacial score (nSPS) is 20.3. The second-order valence-corrected chi connectivity index (χ2v) is 5.57. The Balaban J connectivity index is 2.16. The first-order chi connectivity index (χ1) is 8.99. The van der Waals surface area contributed by atoms with Gasteiger partial charge in [0, 0.05) is 25.3 Å². The SMILES string of the molecule is Cc1ccc(N)c(C(=O)N(C)C2CCCN(C)C2)c1. The van der Waals surface area contributed by atoms with Crippen LogP contribution < -0.4 is 5.73 Å². The zero-order valence-electron chi connectivity index (χ0n) is 12.0. The maximum absolute atomic E-state index is 12.6. The fraction of sp³-hybridized carbons (Fsp3) is 0.533. The molecule has 1 aliphatic rings. The van der Waals surface area contributed by atoms with Crippen LogP contribution in [0.15, 0.2) is 18.2 Å². The molecule has 1 atom stereocenters. The molecule has 0 bridgehead atoms. The van der Waals surface area contributed by atoms with Crippen molar-refractivity contribution in [3.8, 4) is 0 Å². The molecule has 104 valence electrons. The molecule has 0 saturated carbocycles. The maximum Gasteiger partial charge on any atom is 0.255 e. The number of piperidine rings is 1. The Morgan fingerprint density at radius 1 is 1.47 bits per heavy atom. The number of hydrogen-bond acceptors (Lipinski definition) is 3. The summed E-state index contributed by atoms with van der Waals surface area (Å²) >= 11 is 0. The molecule has 0 aliphatic carbocycles. The number of likely N-dealkylation sites (tertiary alicyclic amines) is 1. The third-order valence-electron chi connectivity index (χ3n) is 3.91. The molecule has 2 N–H and O–H groups in total. The maximum atomic E-state index is 12.6. The van der Waals surface area contributed by atoms with Gasteiger partial charge in [-0.2, -0.15) is 0 Å². The van der Waals surface area contributed by atoms with Crippen LogP contribution in [0.5, 0.6) is 0 Å². The summed E-state index contributed by atoms with van der Waals surface area (Å²) in [6.45, 7) is 4.03. The van der Waals surface area contributed by atoms with E-state index >= 15 is 0 Å². The molecule has 2 rings (SSSR count). The van der Waals surface area contributed by atoms with Gasteiger partial charge in [-0.3, -0.25) is 4.79 Å². The van der Waals surface area contributed by atoms with Gasteiger partial charge >= 0.3 is 0 Å². The highest BCUT2D eigenvalue weighted by molar-refractivity contribution is 5.99. The van der Waals surface area contributed by atoms with E-state index in [1.165, 1.54) is 0 Å². The molecule has 0 radical (unpaired) electrons. The van der Waals surface area contributed by atoms with E-state index in [-0.39, 0.29) is 11.9 Å². The molecule has 1 saturated heterocycles. The van der Waals surface area contributed by atoms with Crippen LogP contribution in [0.4, 0.5) is 5.69 Å². The van der Waals surface area contributed by atoms with Gasteiger partial charge in [0.1, 0.15) is 0 Å². The third kappa shape index (κ3) is 3.07. The second kappa shape index (κ2) is 5.61. The van der Waals surface area contributed by atoms with Crippen molar-refractivity contribution < 1.29 is 4.79 Å². The number of likely N-dealkylation sites (N-methyl/N-ethyl adjacent to an activating group) is 2. The van der Waals surface area contributed by atoms with Crippen LogP contribution in [0.25, 0.3) is 0 Å². The van der Waals surface area contributed by atoms with Crippen molar-refractivity contribution in [3.63, 3.8) is 0 Å². The van der Waals surface area contributed by atoms with Crippen LogP contribution in [0.1, 0.15) is 28.8 Å². The van der Waals surface area contributed by atoms with Crippen LogP contribution in [-0.2, 0) is 0 Å². The number of amides is 1. The molecule has 1 aromatic carbocycles. The van der Waals surface area contributed by atoms with Crippen LogP contribution >= 0.6 is 0 Å². The molecule has 4 nitrogen and oxygen atoms in total. The fourth-order valence-corrected chi connectivity index (χ4v) is 2.67. The largest absolute Gasteiger partial charge is 0.398 e. The predicted molar refractivity (Wildman–Crippen MR) is 78.2 cm³/mol. The van der Waals surface area contributed by atoms with E-state index < -0.39 is 0 Å². The Hall–Kier alpha value is -1.55. The molecule has 1 aliphatic heterocycles. The fourth-order valence-electron chi connectivity index (χ4n) is 2.67. The van der Waals surface area contributed by atoms with Crippen LogP contribution in [0, 0.1) is 6.92 Å². The van der Waals surface area contributed by atoms with Gasteiger partial charge in [0.25, 0.3) is 5.91 Å². The lowest BCUT2D eigenvalue weighted by atomic mass is 10.0. The average molecular weight is 261 g/mol. The summed E-state index contributed by atoms with van der Waals surface area (Å²) in [5, 5.41) is 0. The number of carbonyl (C=O) groups is 1. The van der Waals surface area contributed by atoms with E-state index in [0.29, 0.717) is 11.3 Å². The molecule has 1 fully saturated rings. The molecular weight excluding hydrogens is 238 g/mol. The average Bonchev–Trinajstić information content (AvgIpc) is 2.40. The highest BCUT2D eigenvalue weighted by atomic mass is 16.2. The topological polar surface area (TPSA) is 49.6 Å². The van der Waals surface area contributed by atoms with Crippen LogP contribution in [0.3, 0.4) is 0 Å². The van der Waals surface area contributed by atoms with Gasteiger partial charge in [-0.1, -0.05) is 11.6 Å². The molecule has 1 heterocycles. The number of nitrogens with two attached hydrogens (primary N) is 1. The summed E-state index contributed by atoms with van der Waals surface area (Å²) < 4.78 is 0. The van der Waals surface area contributed by atoms with Crippen LogP contribution in [0.2, 0.25) is 0 Å². The van der Waals surface area contributed by atoms with Gasteiger partial charge in [0.05, 0.1) is 5.56 Å². The molecule has 1 unspecified atom stereocenters. The third-order valence-corrected chi connectivity index (χ3v) is 3.91. The highest BCUT2D eigenvalue weighted by Crippen LogP contribution is 2.20. The number of carbonyl (C=O) groups excluding carboxylic acids is 1.